The highest BCUT2D eigenvalue weighted by atomic mass is 35.5. The van der Waals surface area contributed by atoms with E-state index < -0.39 is 6.09 Å². The number of rotatable bonds is 1. The summed E-state index contributed by atoms with van der Waals surface area (Å²) in [4.78, 5) is 11.2. The lowest BCUT2D eigenvalue weighted by Crippen LogP contribution is -2.31. The zero-order valence-electron chi connectivity index (χ0n) is 8.83. The lowest BCUT2D eigenvalue weighted by Gasteiger charge is -2.26. The second-order valence-electron chi connectivity index (χ2n) is 3.51. The predicted octanol–water partition coefficient (Wildman–Crippen LogP) is 2.52. The van der Waals surface area contributed by atoms with Gasteiger partial charge in [0.2, 0.25) is 0 Å². The van der Waals surface area contributed by atoms with Crippen molar-refractivity contribution in [3.63, 3.8) is 0 Å². The van der Waals surface area contributed by atoms with Gasteiger partial charge in [0.25, 0.3) is 0 Å². The Kier molecular flexibility index (Phi) is 3.19. The topological polar surface area (TPSA) is 47.6 Å². The van der Waals surface area contributed by atoms with Gasteiger partial charge in [-0.3, -0.25) is 0 Å². The maximum atomic E-state index is 11.2. The molecule has 1 aliphatic rings. The summed E-state index contributed by atoms with van der Waals surface area (Å²) in [6.45, 7) is 0.573. The lowest BCUT2D eigenvalue weighted by atomic mass is 10.0. The second-order valence-corrected chi connectivity index (χ2v) is 3.94. The van der Waals surface area contributed by atoms with Gasteiger partial charge in [0.1, 0.15) is 5.75 Å². The smallest absolute Gasteiger partial charge is 0.407 e. The standard InChI is InChI=1S/C11H12ClNO3/c1-15-11(14)13-9-4-5-16-10-3-2-7(12)6-8(9)10/h2-3,6,9H,4-5H2,1H3,(H,13,14). The van der Waals surface area contributed by atoms with Crippen LogP contribution in [0.2, 0.25) is 5.02 Å². The van der Waals surface area contributed by atoms with Crippen LogP contribution >= 0.6 is 11.6 Å². The molecule has 1 N–H and O–H groups in total. The van der Waals surface area contributed by atoms with Gasteiger partial charge in [-0.25, -0.2) is 4.79 Å². The van der Waals surface area contributed by atoms with Gasteiger partial charge in [0, 0.05) is 17.0 Å². The molecule has 16 heavy (non-hydrogen) atoms. The van der Waals surface area contributed by atoms with E-state index in [1.807, 2.05) is 6.07 Å². The molecule has 0 bridgehead atoms. The monoisotopic (exact) mass is 241 g/mol. The number of alkyl carbamates (subject to hydrolysis) is 1. The number of methoxy groups -OCH3 is 1. The Labute approximate surface area is 98.5 Å². The van der Waals surface area contributed by atoms with Gasteiger partial charge in [-0.15, -0.1) is 0 Å². The molecule has 0 aromatic heterocycles. The van der Waals surface area contributed by atoms with Gasteiger partial charge in [0.05, 0.1) is 19.8 Å². The highest BCUT2D eigenvalue weighted by Gasteiger charge is 2.23. The number of carbonyl (C=O) groups is 1. The molecule has 0 saturated heterocycles. The summed E-state index contributed by atoms with van der Waals surface area (Å²) in [6, 6.07) is 5.27. The van der Waals surface area contributed by atoms with Gasteiger partial charge >= 0.3 is 6.09 Å². The normalized spacial score (nSPS) is 18.2. The van der Waals surface area contributed by atoms with Crippen LogP contribution in [0.1, 0.15) is 18.0 Å². The fourth-order valence-electron chi connectivity index (χ4n) is 1.72. The molecule has 0 aliphatic carbocycles. The van der Waals surface area contributed by atoms with Crippen molar-refractivity contribution in [3.8, 4) is 5.75 Å². The molecule has 1 atom stereocenters. The first-order valence-electron chi connectivity index (χ1n) is 4.97. The van der Waals surface area contributed by atoms with Crippen LogP contribution in [-0.4, -0.2) is 19.8 Å². The lowest BCUT2D eigenvalue weighted by molar-refractivity contribution is 0.161. The van der Waals surface area contributed by atoms with Crippen LogP contribution in [0, 0.1) is 0 Å². The van der Waals surface area contributed by atoms with E-state index in [0.29, 0.717) is 18.1 Å². The van der Waals surface area contributed by atoms with E-state index >= 15 is 0 Å². The molecule has 1 aromatic rings. The van der Waals surface area contributed by atoms with Crippen LogP contribution in [0.3, 0.4) is 0 Å². The zero-order chi connectivity index (χ0) is 11.5. The van der Waals surface area contributed by atoms with Crippen molar-refractivity contribution in [1.29, 1.82) is 0 Å². The van der Waals surface area contributed by atoms with E-state index in [9.17, 15) is 4.79 Å². The average molecular weight is 242 g/mol. The number of fused-ring (bicyclic) bond motifs is 1. The van der Waals surface area contributed by atoms with Crippen LogP contribution in [-0.2, 0) is 4.74 Å². The van der Waals surface area contributed by atoms with Crippen LogP contribution in [0.15, 0.2) is 18.2 Å². The molecule has 2 rings (SSSR count). The summed E-state index contributed by atoms with van der Waals surface area (Å²) in [5.41, 5.74) is 0.893. The maximum Gasteiger partial charge on any atom is 0.407 e. The number of hydrogen-bond donors (Lipinski definition) is 1. The fourth-order valence-corrected chi connectivity index (χ4v) is 1.90. The number of carbonyl (C=O) groups excluding carboxylic acids is 1. The molecule has 1 heterocycles. The number of hydrogen-bond acceptors (Lipinski definition) is 3. The minimum absolute atomic E-state index is 0.102. The average Bonchev–Trinajstić information content (AvgIpc) is 2.29. The number of halogens is 1. The molecule has 1 aliphatic heterocycles. The molecule has 0 spiro atoms. The van der Waals surface area contributed by atoms with Crippen molar-refractivity contribution >= 4 is 17.7 Å². The van der Waals surface area contributed by atoms with Crippen LogP contribution in [0.5, 0.6) is 5.75 Å². The largest absolute Gasteiger partial charge is 0.493 e. The van der Waals surface area contributed by atoms with Crippen molar-refractivity contribution in [2.75, 3.05) is 13.7 Å². The van der Waals surface area contributed by atoms with E-state index in [1.54, 1.807) is 12.1 Å². The summed E-state index contributed by atoms with van der Waals surface area (Å²) in [5.74, 6) is 0.761. The quantitative estimate of drug-likeness (QED) is 0.822. The maximum absolute atomic E-state index is 11.2. The minimum Gasteiger partial charge on any atom is -0.493 e. The van der Waals surface area contributed by atoms with E-state index in [-0.39, 0.29) is 6.04 Å². The summed E-state index contributed by atoms with van der Waals surface area (Å²) < 4.78 is 10.0. The van der Waals surface area contributed by atoms with Gasteiger partial charge < -0.3 is 14.8 Å². The third-order valence-corrected chi connectivity index (χ3v) is 2.72. The first-order chi connectivity index (χ1) is 7.70. The zero-order valence-corrected chi connectivity index (χ0v) is 9.58. The molecule has 1 unspecified atom stereocenters. The Hall–Kier alpha value is -1.42. The number of benzene rings is 1. The third kappa shape index (κ3) is 2.22. The van der Waals surface area contributed by atoms with Gasteiger partial charge in [0.15, 0.2) is 0 Å². The molecular formula is C11H12ClNO3. The first-order valence-corrected chi connectivity index (χ1v) is 5.35. The Balaban J connectivity index is 2.24. The van der Waals surface area contributed by atoms with E-state index in [1.165, 1.54) is 7.11 Å². The number of amides is 1. The molecule has 0 fully saturated rings. The SMILES string of the molecule is COC(=O)NC1CCOc2ccc(Cl)cc21. The Morgan fingerprint density at radius 2 is 2.44 bits per heavy atom. The van der Waals surface area contributed by atoms with E-state index in [4.69, 9.17) is 16.3 Å². The third-order valence-electron chi connectivity index (χ3n) is 2.49. The first kappa shape index (κ1) is 11.1. The Morgan fingerprint density at radius 1 is 1.62 bits per heavy atom. The number of nitrogens with one attached hydrogen (secondary N) is 1. The molecule has 1 aromatic carbocycles. The van der Waals surface area contributed by atoms with Crippen molar-refractivity contribution in [2.45, 2.75) is 12.5 Å². The highest BCUT2D eigenvalue weighted by molar-refractivity contribution is 6.30. The summed E-state index contributed by atoms with van der Waals surface area (Å²) in [7, 11) is 1.34. The van der Waals surface area contributed by atoms with Gasteiger partial charge in [-0.1, -0.05) is 11.6 Å². The van der Waals surface area contributed by atoms with Crippen molar-refractivity contribution in [1.82, 2.24) is 5.32 Å². The molecular weight excluding hydrogens is 230 g/mol. The molecule has 0 saturated carbocycles. The van der Waals surface area contributed by atoms with Crippen LogP contribution in [0.4, 0.5) is 4.79 Å². The molecule has 5 heteroatoms. The summed E-state index contributed by atoms with van der Waals surface area (Å²) in [6.07, 6.45) is 0.264. The number of ether oxygens (including phenoxy) is 2. The van der Waals surface area contributed by atoms with Crippen molar-refractivity contribution in [2.24, 2.45) is 0 Å². The molecule has 86 valence electrons. The Bertz CT molecular complexity index is 408. The van der Waals surface area contributed by atoms with Gasteiger partial charge in [-0.05, 0) is 18.2 Å². The van der Waals surface area contributed by atoms with Crippen LogP contribution < -0.4 is 10.1 Å². The minimum atomic E-state index is -0.446. The van der Waals surface area contributed by atoms with E-state index in [2.05, 4.69) is 10.1 Å². The summed E-state index contributed by atoms with van der Waals surface area (Å²) >= 11 is 5.91. The van der Waals surface area contributed by atoms with E-state index in [0.717, 1.165) is 11.3 Å². The van der Waals surface area contributed by atoms with Crippen molar-refractivity contribution < 1.29 is 14.3 Å². The Morgan fingerprint density at radius 3 is 3.19 bits per heavy atom. The highest BCUT2D eigenvalue weighted by Crippen LogP contribution is 2.33. The molecule has 0 radical (unpaired) electrons. The van der Waals surface area contributed by atoms with Crippen molar-refractivity contribution in [3.05, 3.63) is 28.8 Å². The van der Waals surface area contributed by atoms with Gasteiger partial charge in [-0.2, -0.15) is 0 Å². The summed E-state index contributed by atoms with van der Waals surface area (Å²) in [5, 5.41) is 3.38. The second kappa shape index (κ2) is 4.61. The van der Waals surface area contributed by atoms with Crippen LogP contribution in [0.25, 0.3) is 0 Å². The fraction of sp³-hybridized carbons (Fsp3) is 0.364. The predicted molar refractivity (Wildman–Crippen MR) is 59.8 cm³/mol. The molecule has 4 nitrogen and oxygen atoms in total. The molecule has 1 amide bonds.